The maximum atomic E-state index is 12.2. The number of carbonyl (C=O) groups excluding carboxylic acids is 1. The van der Waals surface area contributed by atoms with Gasteiger partial charge in [0.05, 0.1) is 18.7 Å². The fourth-order valence-electron chi connectivity index (χ4n) is 3.68. The molecule has 1 saturated heterocycles. The van der Waals surface area contributed by atoms with Gasteiger partial charge < -0.3 is 20.5 Å². The Hall–Kier alpha value is -1.59. The fraction of sp³-hybridized carbons (Fsp3) is 0.611. The van der Waals surface area contributed by atoms with E-state index in [1.54, 1.807) is 0 Å². The smallest absolute Gasteiger partial charge is 0.315 e. The molecular formula is C18H26N2O3. The van der Waals surface area contributed by atoms with Crippen LogP contribution in [0.2, 0.25) is 0 Å². The first kappa shape index (κ1) is 16.3. The van der Waals surface area contributed by atoms with Gasteiger partial charge in [-0.05, 0) is 43.2 Å². The van der Waals surface area contributed by atoms with Gasteiger partial charge in [0.15, 0.2) is 0 Å². The third-order valence-corrected chi connectivity index (χ3v) is 5.04. The van der Waals surface area contributed by atoms with Crippen molar-refractivity contribution in [2.24, 2.45) is 0 Å². The molecule has 1 heterocycles. The molecule has 3 unspecified atom stereocenters. The highest BCUT2D eigenvalue weighted by molar-refractivity contribution is 5.74. The number of urea groups is 1. The van der Waals surface area contributed by atoms with Gasteiger partial charge in [0, 0.05) is 6.61 Å². The number of benzene rings is 1. The van der Waals surface area contributed by atoms with Crippen molar-refractivity contribution in [1.82, 2.24) is 10.6 Å². The van der Waals surface area contributed by atoms with E-state index in [0.29, 0.717) is 6.42 Å². The third kappa shape index (κ3) is 3.51. The number of hydrogen-bond donors (Lipinski definition) is 3. The van der Waals surface area contributed by atoms with Crippen LogP contribution in [0, 0.1) is 0 Å². The fourth-order valence-corrected chi connectivity index (χ4v) is 3.68. The van der Waals surface area contributed by atoms with Crippen molar-refractivity contribution in [3.8, 4) is 0 Å². The molecule has 3 rings (SSSR count). The number of aliphatic hydroxyl groups is 1. The summed E-state index contributed by atoms with van der Waals surface area (Å²) < 4.78 is 5.66. The molecule has 1 aliphatic heterocycles. The predicted molar refractivity (Wildman–Crippen MR) is 88.2 cm³/mol. The summed E-state index contributed by atoms with van der Waals surface area (Å²) in [5.41, 5.74) is 1.15. The predicted octanol–water partition coefficient (Wildman–Crippen LogP) is 2.08. The minimum Gasteiger partial charge on any atom is -0.383 e. The van der Waals surface area contributed by atoms with Crippen LogP contribution in [-0.4, -0.2) is 36.4 Å². The lowest BCUT2D eigenvalue weighted by molar-refractivity contribution is 0.0403. The van der Waals surface area contributed by atoms with Crippen LogP contribution in [0.15, 0.2) is 24.3 Å². The third-order valence-electron chi connectivity index (χ3n) is 5.04. The van der Waals surface area contributed by atoms with Gasteiger partial charge in [-0.3, -0.25) is 0 Å². The van der Waals surface area contributed by atoms with Crippen molar-refractivity contribution in [2.45, 2.75) is 56.8 Å². The van der Waals surface area contributed by atoms with E-state index in [1.807, 2.05) is 31.2 Å². The molecule has 2 amide bonds. The van der Waals surface area contributed by atoms with Gasteiger partial charge in [-0.15, -0.1) is 0 Å². The lowest BCUT2D eigenvalue weighted by Crippen LogP contribution is -2.50. The van der Waals surface area contributed by atoms with Gasteiger partial charge in [-0.2, -0.15) is 0 Å². The highest BCUT2D eigenvalue weighted by Crippen LogP contribution is 2.36. The molecule has 0 saturated carbocycles. The molecule has 1 fully saturated rings. The van der Waals surface area contributed by atoms with E-state index in [9.17, 15) is 9.90 Å². The normalized spacial score (nSPS) is 27.5. The van der Waals surface area contributed by atoms with Crippen molar-refractivity contribution in [3.63, 3.8) is 0 Å². The monoisotopic (exact) mass is 318 g/mol. The van der Waals surface area contributed by atoms with Crippen molar-refractivity contribution in [1.29, 1.82) is 0 Å². The quantitative estimate of drug-likeness (QED) is 0.778. The Morgan fingerprint density at radius 2 is 2.30 bits per heavy atom. The second-order valence-corrected chi connectivity index (χ2v) is 6.58. The molecule has 2 aliphatic rings. The van der Waals surface area contributed by atoms with E-state index in [2.05, 4.69) is 10.6 Å². The average Bonchev–Trinajstić information content (AvgIpc) is 3.20. The molecule has 1 aliphatic carbocycles. The van der Waals surface area contributed by atoms with Gasteiger partial charge in [-0.25, -0.2) is 4.79 Å². The Labute approximate surface area is 137 Å². The molecule has 23 heavy (non-hydrogen) atoms. The minimum absolute atomic E-state index is 0.0306. The summed E-state index contributed by atoms with van der Waals surface area (Å²) in [5, 5.41) is 16.7. The zero-order chi connectivity index (χ0) is 16.3. The summed E-state index contributed by atoms with van der Waals surface area (Å²) in [6, 6.07) is 7.70. The van der Waals surface area contributed by atoms with Gasteiger partial charge in [0.25, 0.3) is 0 Å². The standard InChI is InChI=1S/C18H26N2O3/c1-2-15(16-8-5-11-23-16)20-17(21)19-12-18(22)10-9-13-6-3-4-7-14(13)18/h3-4,6-7,15-16,22H,2,5,8-12H2,1H3,(H2,19,20,21). The molecule has 1 aromatic rings. The summed E-state index contributed by atoms with van der Waals surface area (Å²) in [4.78, 5) is 12.2. The van der Waals surface area contributed by atoms with Crippen LogP contribution in [0.25, 0.3) is 0 Å². The molecule has 0 spiro atoms. The summed E-state index contributed by atoms with van der Waals surface area (Å²) in [5.74, 6) is 0. The van der Waals surface area contributed by atoms with Crippen molar-refractivity contribution in [2.75, 3.05) is 13.2 Å². The van der Waals surface area contributed by atoms with Crippen molar-refractivity contribution in [3.05, 3.63) is 35.4 Å². The Balaban J connectivity index is 1.55. The largest absolute Gasteiger partial charge is 0.383 e. The first-order valence-electron chi connectivity index (χ1n) is 8.59. The lowest BCUT2D eigenvalue weighted by atomic mass is 9.96. The lowest BCUT2D eigenvalue weighted by Gasteiger charge is -2.27. The number of rotatable bonds is 5. The number of aryl methyl sites for hydroxylation is 1. The van der Waals surface area contributed by atoms with Gasteiger partial charge in [0.1, 0.15) is 5.60 Å². The van der Waals surface area contributed by atoms with E-state index in [4.69, 9.17) is 4.74 Å². The molecule has 1 aromatic carbocycles. The highest BCUT2D eigenvalue weighted by Gasteiger charge is 2.36. The van der Waals surface area contributed by atoms with Gasteiger partial charge >= 0.3 is 6.03 Å². The molecule has 3 N–H and O–H groups in total. The second-order valence-electron chi connectivity index (χ2n) is 6.58. The van der Waals surface area contributed by atoms with Crippen LogP contribution in [0.5, 0.6) is 0 Å². The Morgan fingerprint density at radius 3 is 3.04 bits per heavy atom. The summed E-state index contributed by atoms with van der Waals surface area (Å²) in [7, 11) is 0. The Kier molecular flexibility index (Phi) is 4.87. The van der Waals surface area contributed by atoms with Gasteiger partial charge in [-0.1, -0.05) is 31.2 Å². The molecule has 0 bridgehead atoms. The number of hydrogen-bond acceptors (Lipinski definition) is 3. The van der Waals surface area contributed by atoms with Crippen molar-refractivity contribution < 1.29 is 14.6 Å². The first-order valence-corrected chi connectivity index (χ1v) is 8.59. The minimum atomic E-state index is -0.959. The van der Waals surface area contributed by atoms with Gasteiger partial charge in [0.2, 0.25) is 0 Å². The average molecular weight is 318 g/mol. The molecule has 0 aromatic heterocycles. The molecule has 0 radical (unpaired) electrons. The summed E-state index contributed by atoms with van der Waals surface area (Å²) >= 11 is 0. The topological polar surface area (TPSA) is 70.6 Å². The van der Waals surface area contributed by atoms with Crippen LogP contribution in [0.3, 0.4) is 0 Å². The number of carbonyl (C=O) groups is 1. The zero-order valence-electron chi connectivity index (χ0n) is 13.7. The van der Waals surface area contributed by atoms with Crippen LogP contribution in [-0.2, 0) is 16.8 Å². The highest BCUT2D eigenvalue weighted by atomic mass is 16.5. The van der Waals surface area contributed by atoms with E-state index >= 15 is 0 Å². The second kappa shape index (κ2) is 6.89. The van der Waals surface area contributed by atoms with E-state index in [0.717, 1.165) is 37.9 Å². The molecular weight excluding hydrogens is 292 g/mol. The Morgan fingerprint density at radius 1 is 1.48 bits per heavy atom. The number of amides is 2. The van der Waals surface area contributed by atoms with Crippen molar-refractivity contribution >= 4 is 6.03 Å². The summed E-state index contributed by atoms with van der Waals surface area (Å²) in [6.45, 7) is 3.06. The molecule has 5 heteroatoms. The maximum absolute atomic E-state index is 12.2. The zero-order valence-corrected chi connectivity index (χ0v) is 13.7. The van der Waals surface area contributed by atoms with Crippen LogP contribution in [0.4, 0.5) is 4.79 Å². The van der Waals surface area contributed by atoms with Crippen LogP contribution >= 0.6 is 0 Å². The molecule has 126 valence electrons. The van der Waals surface area contributed by atoms with E-state index in [1.165, 1.54) is 5.56 Å². The van der Waals surface area contributed by atoms with E-state index < -0.39 is 5.60 Å². The van der Waals surface area contributed by atoms with E-state index in [-0.39, 0.29) is 24.7 Å². The maximum Gasteiger partial charge on any atom is 0.315 e. The number of ether oxygens (including phenoxy) is 1. The summed E-state index contributed by atoms with van der Waals surface area (Å²) in [6.07, 6.45) is 4.50. The number of fused-ring (bicyclic) bond motifs is 1. The molecule has 3 atom stereocenters. The number of nitrogens with one attached hydrogen (secondary N) is 2. The SMILES string of the molecule is CCC(NC(=O)NCC1(O)CCc2ccccc21)C1CCCO1. The first-order chi connectivity index (χ1) is 11.1. The van der Waals surface area contributed by atoms with Crippen LogP contribution in [0.1, 0.15) is 43.7 Å². The molecule has 5 nitrogen and oxygen atoms in total. The van der Waals surface area contributed by atoms with Crippen LogP contribution < -0.4 is 10.6 Å². The Bertz CT molecular complexity index is 557.